The number of hydrogen-bond donors (Lipinski definition) is 2. The molecule has 0 radical (unpaired) electrons. The number of nitrogens with two attached hydrogens (primary N) is 1. The van der Waals surface area contributed by atoms with Gasteiger partial charge in [-0.2, -0.15) is 14.7 Å². The van der Waals surface area contributed by atoms with E-state index in [2.05, 4.69) is 15.3 Å². The molecule has 0 amide bonds. The Balaban J connectivity index is 1.81. The summed E-state index contributed by atoms with van der Waals surface area (Å²) in [6, 6.07) is 5.11. The first kappa shape index (κ1) is 12.5. The highest BCUT2D eigenvalue weighted by atomic mass is 32.1. The van der Waals surface area contributed by atoms with Crippen LogP contribution in [0.25, 0.3) is 4.96 Å². The number of benzene rings is 1. The van der Waals surface area contributed by atoms with Gasteiger partial charge in [-0.1, -0.05) is 17.4 Å². The number of aryl methyl sites for hydroxylation is 2. The highest BCUT2D eigenvalue weighted by Crippen LogP contribution is 2.21. The summed E-state index contributed by atoms with van der Waals surface area (Å²) < 4.78 is 1.25. The number of fused-ring (bicyclic) bond motifs is 1. The predicted molar refractivity (Wildman–Crippen MR) is 74.9 cm³/mol. The van der Waals surface area contributed by atoms with E-state index >= 15 is 0 Å². The van der Waals surface area contributed by atoms with Crippen molar-refractivity contribution in [3.05, 3.63) is 45.3 Å². The molecule has 0 unspecified atom stereocenters. The van der Waals surface area contributed by atoms with Gasteiger partial charge < -0.3 is 10.8 Å². The maximum atomic E-state index is 11.5. The second-order valence-corrected chi connectivity index (χ2v) is 5.31. The minimum Gasteiger partial charge on any atom is -0.506 e. The van der Waals surface area contributed by atoms with Crippen LogP contribution in [0.1, 0.15) is 10.6 Å². The summed E-state index contributed by atoms with van der Waals surface area (Å²) in [5.74, 6) is 0.0792. The molecule has 3 N–H and O–H groups in total. The molecule has 0 saturated heterocycles. The fourth-order valence-electron chi connectivity index (χ4n) is 1.82. The lowest BCUT2D eigenvalue weighted by atomic mass is 10.1. The molecule has 0 atom stereocenters. The van der Waals surface area contributed by atoms with Crippen LogP contribution in [0.5, 0.6) is 5.75 Å². The van der Waals surface area contributed by atoms with Crippen molar-refractivity contribution in [3.63, 3.8) is 0 Å². The standard InChI is InChI=1S/C12H11N5O2S/c13-8-5-7(1-3-9(8)18)2-4-10-16-17-11(19)6-14-15-12(17)20-10/h1,3,5-6,18H,2,4,13H2. The topological polar surface area (TPSA) is 106 Å². The van der Waals surface area contributed by atoms with E-state index < -0.39 is 0 Å². The molecule has 102 valence electrons. The molecule has 0 saturated carbocycles. The molecule has 20 heavy (non-hydrogen) atoms. The molecule has 0 spiro atoms. The lowest BCUT2D eigenvalue weighted by Gasteiger charge is -2.02. The highest BCUT2D eigenvalue weighted by molar-refractivity contribution is 7.16. The van der Waals surface area contributed by atoms with Gasteiger partial charge in [0.05, 0.1) is 5.69 Å². The van der Waals surface area contributed by atoms with Crippen LogP contribution in [-0.4, -0.2) is 24.9 Å². The Kier molecular flexibility index (Phi) is 3.07. The van der Waals surface area contributed by atoms with Gasteiger partial charge in [0, 0.05) is 6.42 Å². The third kappa shape index (κ3) is 2.32. The van der Waals surface area contributed by atoms with Crippen LogP contribution in [0.2, 0.25) is 0 Å². The van der Waals surface area contributed by atoms with E-state index in [1.54, 1.807) is 12.1 Å². The third-order valence-corrected chi connectivity index (χ3v) is 3.80. The van der Waals surface area contributed by atoms with Gasteiger partial charge in [-0.15, -0.1) is 5.10 Å². The quantitative estimate of drug-likeness (QED) is 0.540. The van der Waals surface area contributed by atoms with Crippen LogP contribution in [0.3, 0.4) is 0 Å². The molecule has 3 aromatic rings. The monoisotopic (exact) mass is 289 g/mol. The summed E-state index contributed by atoms with van der Waals surface area (Å²) in [6.07, 6.45) is 2.52. The molecule has 2 heterocycles. The van der Waals surface area contributed by atoms with Crippen molar-refractivity contribution >= 4 is 22.0 Å². The molecule has 3 rings (SSSR count). The maximum Gasteiger partial charge on any atom is 0.293 e. The van der Waals surface area contributed by atoms with Crippen molar-refractivity contribution in [2.45, 2.75) is 12.8 Å². The molecule has 0 bridgehead atoms. The molecular formula is C12H11N5O2S. The Hall–Kier alpha value is -2.48. The molecule has 1 aromatic carbocycles. The van der Waals surface area contributed by atoms with Gasteiger partial charge in [-0.05, 0) is 24.1 Å². The molecule has 7 nitrogen and oxygen atoms in total. The highest BCUT2D eigenvalue weighted by Gasteiger charge is 2.07. The lowest BCUT2D eigenvalue weighted by Crippen LogP contribution is -2.14. The lowest BCUT2D eigenvalue weighted by molar-refractivity contribution is 0.478. The van der Waals surface area contributed by atoms with E-state index in [-0.39, 0.29) is 11.3 Å². The van der Waals surface area contributed by atoms with E-state index in [4.69, 9.17) is 5.73 Å². The number of phenols is 1. The zero-order chi connectivity index (χ0) is 14.1. The summed E-state index contributed by atoms with van der Waals surface area (Å²) in [6.45, 7) is 0. The van der Waals surface area contributed by atoms with Crippen LogP contribution < -0.4 is 11.3 Å². The molecule has 0 aliphatic rings. The number of anilines is 1. The Morgan fingerprint density at radius 3 is 2.95 bits per heavy atom. The van der Waals surface area contributed by atoms with Gasteiger partial charge >= 0.3 is 0 Å². The Morgan fingerprint density at radius 1 is 1.35 bits per heavy atom. The van der Waals surface area contributed by atoms with Gasteiger partial charge in [-0.3, -0.25) is 4.79 Å². The van der Waals surface area contributed by atoms with Crippen molar-refractivity contribution in [2.75, 3.05) is 5.73 Å². The summed E-state index contributed by atoms with van der Waals surface area (Å²) in [7, 11) is 0. The molecule has 0 aliphatic carbocycles. The molecule has 2 aromatic heterocycles. The normalized spacial score (nSPS) is 11.0. The Morgan fingerprint density at radius 2 is 2.20 bits per heavy atom. The average Bonchev–Trinajstić information content (AvgIpc) is 2.85. The largest absolute Gasteiger partial charge is 0.506 e. The minimum absolute atomic E-state index is 0.0792. The fourth-order valence-corrected chi connectivity index (χ4v) is 2.67. The number of aromatic nitrogens is 4. The van der Waals surface area contributed by atoms with Gasteiger partial charge in [-0.25, -0.2) is 0 Å². The van der Waals surface area contributed by atoms with Crippen molar-refractivity contribution < 1.29 is 5.11 Å². The van der Waals surface area contributed by atoms with Crippen molar-refractivity contribution in [1.29, 1.82) is 0 Å². The van der Waals surface area contributed by atoms with Crippen LogP contribution >= 0.6 is 11.3 Å². The van der Waals surface area contributed by atoms with E-state index in [1.165, 1.54) is 15.9 Å². The molecular weight excluding hydrogens is 278 g/mol. The summed E-state index contributed by atoms with van der Waals surface area (Å²) >= 11 is 1.34. The van der Waals surface area contributed by atoms with Gasteiger partial charge in [0.2, 0.25) is 4.96 Å². The number of aromatic hydroxyl groups is 1. The fraction of sp³-hybridized carbons (Fsp3) is 0.167. The zero-order valence-corrected chi connectivity index (χ0v) is 11.2. The Bertz CT molecular complexity index is 826. The van der Waals surface area contributed by atoms with E-state index in [1.807, 2.05) is 6.07 Å². The number of nitrogen functional groups attached to an aromatic ring is 1. The number of rotatable bonds is 3. The van der Waals surface area contributed by atoms with Gasteiger partial charge in [0.1, 0.15) is 17.0 Å². The van der Waals surface area contributed by atoms with Crippen LogP contribution in [0, 0.1) is 0 Å². The number of hydrogen-bond acceptors (Lipinski definition) is 7. The summed E-state index contributed by atoms with van der Waals surface area (Å²) in [4.78, 5) is 12.0. The Labute approximate surface area is 117 Å². The average molecular weight is 289 g/mol. The van der Waals surface area contributed by atoms with Gasteiger partial charge in [0.25, 0.3) is 5.56 Å². The first-order chi connectivity index (χ1) is 9.63. The molecule has 0 fully saturated rings. The second kappa shape index (κ2) is 4.89. The second-order valence-electron chi connectivity index (χ2n) is 4.27. The minimum atomic E-state index is -0.286. The summed E-state index contributed by atoms with van der Waals surface area (Å²) in [5.41, 5.74) is 6.71. The zero-order valence-electron chi connectivity index (χ0n) is 10.4. The smallest absolute Gasteiger partial charge is 0.293 e. The van der Waals surface area contributed by atoms with Crippen molar-refractivity contribution in [3.8, 4) is 5.75 Å². The van der Waals surface area contributed by atoms with Crippen molar-refractivity contribution in [2.24, 2.45) is 0 Å². The van der Waals surface area contributed by atoms with Crippen LogP contribution in [0.4, 0.5) is 5.69 Å². The molecule has 8 heteroatoms. The number of phenolic OH excluding ortho intramolecular Hbond substituents is 1. The first-order valence-electron chi connectivity index (χ1n) is 5.91. The van der Waals surface area contributed by atoms with Crippen LogP contribution in [-0.2, 0) is 12.8 Å². The van der Waals surface area contributed by atoms with E-state index in [0.717, 1.165) is 16.8 Å². The first-order valence-corrected chi connectivity index (χ1v) is 6.73. The predicted octanol–water partition coefficient (Wildman–Crippen LogP) is 0.619. The van der Waals surface area contributed by atoms with Crippen LogP contribution in [0.15, 0.2) is 29.2 Å². The van der Waals surface area contributed by atoms with Crippen molar-refractivity contribution in [1.82, 2.24) is 19.8 Å². The van der Waals surface area contributed by atoms with Gasteiger partial charge in [0.15, 0.2) is 0 Å². The SMILES string of the molecule is Nc1cc(CCc2nn3c(=O)cnnc3s2)ccc1O. The van der Waals surface area contributed by atoms with E-state index in [0.29, 0.717) is 23.5 Å². The van der Waals surface area contributed by atoms with E-state index in [9.17, 15) is 9.90 Å². The summed E-state index contributed by atoms with van der Waals surface area (Å²) in [5, 5.41) is 21.8. The third-order valence-electron chi connectivity index (χ3n) is 2.84. The molecule has 0 aliphatic heterocycles. The number of nitrogens with zero attached hydrogens (tertiary/aromatic N) is 4. The maximum absolute atomic E-state index is 11.5.